The van der Waals surface area contributed by atoms with Crippen molar-refractivity contribution in [1.82, 2.24) is 0 Å². The first-order chi connectivity index (χ1) is 9.74. The van der Waals surface area contributed by atoms with Crippen LogP contribution >= 0.6 is 23.4 Å². The lowest BCUT2D eigenvalue weighted by Crippen LogP contribution is -2.10. The fourth-order valence-corrected chi connectivity index (χ4v) is 5.05. The first kappa shape index (κ1) is 16.6. The van der Waals surface area contributed by atoms with Crippen molar-refractivity contribution in [2.45, 2.75) is 35.0 Å². The standard InChI is InChI=1S/C14H17ClO4S2/c1-20-14-11(15)5-9(6-12(14)21(2,18)19)10(7-13(16)17)8-3-4-8/h5-6,8,10H,3-4,7H2,1-2H3,(H,16,17). The summed E-state index contributed by atoms with van der Waals surface area (Å²) in [5, 5.41) is 9.44. The Kier molecular flexibility index (Phi) is 4.90. The van der Waals surface area contributed by atoms with Gasteiger partial charge in [-0.05, 0) is 48.6 Å². The van der Waals surface area contributed by atoms with E-state index in [1.807, 2.05) is 0 Å². The van der Waals surface area contributed by atoms with E-state index in [9.17, 15) is 13.2 Å². The Morgan fingerprint density at radius 3 is 2.52 bits per heavy atom. The molecule has 1 fully saturated rings. The summed E-state index contributed by atoms with van der Waals surface area (Å²) in [6.07, 6.45) is 4.88. The molecule has 0 spiro atoms. The molecule has 1 saturated carbocycles. The molecule has 4 nitrogen and oxygen atoms in total. The van der Waals surface area contributed by atoms with Crippen LogP contribution < -0.4 is 0 Å². The zero-order valence-electron chi connectivity index (χ0n) is 11.8. The quantitative estimate of drug-likeness (QED) is 0.797. The predicted molar refractivity (Wildman–Crippen MR) is 84.1 cm³/mol. The summed E-state index contributed by atoms with van der Waals surface area (Å²) >= 11 is 7.49. The topological polar surface area (TPSA) is 71.4 Å². The van der Waals surface area contributed by atoms with E-state index in [2.05, 4.69) is 0 Å². The Balaban J connectivity index is 2.54. The third-order valence-electron chi connectivity index (χ3n) is 3.65. The van der Waals surface area contributed by atoms with Gasteiger partial charge < -0.3 is 5.11 Å². The Morgan fingerprint density at radius 1 is 1.48 bits per heavy atom. The predicted octanol–water partition coefficient (Wildman–Crippen LogP) is 3.43. The average Bonchev–Trinajstić information content (AvgIpc) is 3.17. The second-order valence-corrected chi connectivity index (χ2v) is 8.56. The van der Waals surface area contributed by atoms with Gasteiger partial charge >= 0.3 is 5.97 Å². The summed E-state index contributed by atoms with van der Waals surface area (Å²) < 4.78 is 23.9. The molecule has 1 unspecified atom stereocenters. The highest BCUT2D eigenvalue weighted by Gasteiger charge is 2.34. The lowest BCUT2D eigenvalue weighted by molar-refractivity contribution is -0.137. The van der Waals surface area contributed by atoms with Gasteiger partial charge in [-0.25, -0.2) is 8.42 Å². The van der Waals surface area contributed by atoms with Gasteiger partial charge in [0, 0.05) is 11.2 Å². The minimum absolute atomic E-state index is 0.00279. The van der Waals surface area contributed by atoms with E-state index >= 15 is 0 Å². The molecule has 0 aromatic heterocycles. The van der Waals surface area contributed by atoms with Crippen molar-refractivity contribution in [1.29, 1.82) is 0 Å². The third-order valence-corrected chi connectivity index (χ3v) is 6.16. The molecule has 1 atom stereocenters. The van der Waals surface area contributed by atoms with Crippen molar-refractivity contribution in [3.8, 4) is 0 Å². The number of hydrogen-bond acceptors (Lipinski definition) is 4. The fraction of sp³-hybridized carbons (Fsp3) is 0.500. The molecule has 0 heterocycles. The van der Waals surface area contributed by atoms with Crippen LogP contribution in [0.3, 0.4) is 0 Å². The molecule has 0 bridgehead atoms. The maximum absolute atomic E-state index is 12.0. The fourth-order valence-electron chi connectivity index (χ4n) is 2.52. The van der Waals surface area contributed by atoms with Crippen molar-refractivity contribution in [3.05, 3.63) is 22.7 Å². The van der Waals surface area contributed by atoms with Gasteiger partial charge in [0.1, 0.15) is 0 Å². The van der Waals surface area contributed by atoms with Crippen LogP contribution in [0.15, 0.2) is 21.9 Å². The van der Waals surface area contributed by atoms with Crippen LogP contribution in [0.5, 0.6) is 0 Å². The summed E-state index contributed by atoms with van der Waals surface area (Å²) in [6, 6.07) is 3.31. The molecule has 0 saturated heterocycles. The third kappa shape index (κ3) is 3.93. The Morgan fingerprint density at radius 2 is 2.10 bits per heavy atom. The number of halogens is 1. The van der Waals surface area contributed by atoms with Gasteiger partial charge in [0.2, 0.25) is 0 Å². The van der Waals surface area contributed by atoms with Crippen LogP contribution in [0.1, 0.15) is 30.7 Å². The van der Waals surface area contributed by atoms with E-state index in [4.69, 9.17) is 16.7 Å². The van der Waals surface area contributed by atoms with E-state index in [-0.39, 0.29) is 17.2 Å². The average molecular weight is 349 g/mol. The lowest BCUT2D eigenvalue weighted by Gasteiger charge is -2.18. The van der Waals surface area contributed by atoms with Crippen molar-refractivity contribution in [2.75, 3.05) is 12.5 Å². The second-order valence-electron chi connectivity index (χ2n) is 5.35. The number of carboxylic acid groups (broad SMARTS) is 1. The first-order valence-electron chi connectivity index (χ1n) is 6.53. The molecule has 1 aliphatic carbocycles. The molecule has 7 heteroatoms. The number of benzene rings is 1. The number of hydrogen-bond donors (Lipinski definition) is 1. The summed E-state index contributed by atoms with van der Waals surface area (Å²) in [5.74, 6) is -0.737. The Hall–Kier alpha value is -0.720. The highest BCUT2D eigenvalue weighted by Crippen LogP contribution is 2.46. The zero-order valence-corrected chi connectivity index (χ0v) is 14.2. The maximum Gasteiger partial charge on any atom is 0.303 e. The normalized spacial score (nSPS) is 16.7. The van der Waals surface area contributed by atoms with Gasteiger partial charge in [-0.1, -0.05) is 11.6 Å². The largest absolute Gasteiger partial charge is 0.481 e. The van der Waals surface area contributed by atoms with Gasteiger partial charge in [-0.3, -0.25) is 4.79 Å². The Labute approximate surface area is 133 Å². The van der Waals surface area contributed by atoms with Gasteiger partial charge in [0.05, 0.1) is 16.3 Å². The number of carbonyl (C=O) groups is 1. The highest BCUT2D eigenvalue weighted by molar-refractivity contribution is 7.99. The minimum atomic E-state index is -3.41. The van der Waals surface area contributed by atoms with E-state index in [1.165, 1.54) is 11.8 Å². The second kappa shape index (κ2) is 6.18. The van der Waals surface area contributed by atoms with E-state index in [0.717, 1.165) is 19.1 Å². The Bertz CT molecular complexity index is 666. The van der Waals surface area contributed by atoms with Gasteiger partial charge in [-0.15, -0.1) is 11.8 Å². The summed E-state index contributed by atoms with van der Waals surface area (Å²) in [5.41, 5.74) is 0.711. The molecule has 0 amide bonds. The van der Waals surface area contributed by atoms with Crippen molar-refractivity contribution >= 4 is 39.2 Å². The molecule has 1 aliphatic rings. The van der Waals surface area contributed by atoms with Crippen molar-refractivity contribution in [2.24, 2.45) is 5.92 Å². The van der Waals surface area contributed by atoms with E-state index in [0.29, 0.717) is 21.4 Å². The van der Waals surface area contributed by atoms with E-state index < -0.39 is 15.8 Å². The van der Waals surface area contributed by atoms with Crippen LogP contribution in [0.4, 0.5) is 0 Å². The van der Waals surface area contributed by atoms with Crippen LogP contribution in [0, 0.1) is 5.92 Å². The number of aliphatic carboxylic acids is 1. The smallest absolute Gasteiger partial charge is 0.303 e. The van der Waals surface area contributed by atoms with Gasteiger partial charge in [-0.2, -0.15) is 0 Å². The number of rotatable bonds is 6. The molecule has 1 aromatic carbocycles. The molecule has 1 N–H and O–H groups in total. The summed E-state index contributed by atoms with van der Waals surface area (Å²) in [6.45, 7) is 0. The van der Waals surface area contributed by atoms with Crippen molar-refractivity contribution < 1.29 is 18.3 Å². The van der Waals surface area contributed by atoms with Crippen LogP contribution in [-0.2, 0) is 14.6 Å². The monoisotopic (exact) mass is 348 g/mol. The molecule has 116 valence electrons. The molecule has 21 heavy (non-hydrogen) atoms. The van der Waals surface area contributed by atoms with Crippen LogP contribution in [-0.4, -0.2) is 32.0 Å². The van der Waals surface area contributed by atoms with Gasteiger partial charge in [0.15, 0.2) is 9.84 Å². The molecular formula is C14H17ClO4S2. The van der Waals surface area contributed by atoms with Crippen LogP contribution in [0.25, 0.3) is 0 Å². The zero-order chi connectivity index (χ0) is 15.8. The maximum atomic E-state index is 12.0. The summed E-state index contributed by atoms with van der Waals surface area (Å²) in [7, 11) is -3.41. The SMILES string of the molecule is CSc1c(Cl)cc(C(CC(=O)O)C2CC2)cc1S(C)(=O)=O. The lowest BCUT2D eigenvalue weighted by atomic mass is 9.91. The molecule has 2 rings (SSSR count). The molecule has 1 aromatic rings. The van der Waals surface area contributed by atoms with E-state index in [1.54, 1.807) is 18.4 Å². The summed E-state index contributed by atoms with van der Waals surface area (Å²) in [4.78, 5) is 11.8. The molecular weight excluding hydrogens is 332 g/mol. The number of carboxylic acids is 1. The molecule has 0 radical (unpaired) electrons. The first-order valence-corrected chi connectivity index (χ1v) is 10.0. The number of sulfone groups is 1. The highest BCUT2D eigenvalue weighted by atomic mass is 35.5. The van der Waals surface area contributed by atoms with Crippen molar-refractivity contribution in [3.63, 3.8) is 0 Å². The van der Waals surface area contributed by atoms with Gasteiger partial charge in [0.25, 0.3) is 0 Å². The number of thioether (sulfide) groups is 1. The minimum Gasteiger partial charge on any atom is -0.481 e. The molecule has 0 aliphatic heterocycles. The van der Waals surface area contributed by atoms with Crippen LogP contribution in [0.2, 0.25) is 5.02 Å².